The molecule has 3 heterocycles. The molecule has 0 N–H and O–H groups in total. The fraction of sp³-hybridized carbons (Fsp3) is 0.391. The first-order valence-corrected chi connectivity index (χ1v) is 10.4. The topological polar surface area (TPSA) is 54.4 Å². The third-order valence-corrected chi connectivity index (χ3v) is 5.90. The number of nitrogens with zero attached hydrogens (tertiary/aromatic N) is 3. The van der Waals surface area contributed by atoms with Gasteiger partial charge >= 0.3 is 0 Å². The average molecular weight is 391 g/mol. The summed E-state index contributed by atoms with van der Waals surface area (Å²) in [6.07, 6.45) is 1.68. The van der Waals surface area contributed by atoms with E-state index in [1.165, 1.54) is 0 Å². The number of amides is 1. The third kappa shape index (κ3) is 3.60. The van der Waals surface area contributed by atoms with Crippen LogP contribution in [0, 0.1) is 5.92 Å². The van der Waals surface area contributed by atoms with E-state index in [0.717, 1.165) is 67.6 Å². The number of amidine groups is 1. The molecule has 2 saturated heterocycles. The number of aliphatic imine (C=N–C) groups is 1. The van der Waals surface area contributed by atoms with Crippen molar-refractivity contribution in [1.82, 2.24) is 9.80 Å². The number of piperazine rings is 1. The van der Waals surface area contributed by atoms with E-state index >= 15 is 0 Å². The quantitative estimate of drug-likeness (QED) is 0.747. The van der Waals surface area contributed by atoms with Crippen LogP contribution in [0.4, 0.5) is 5.69 Å². The fourth-order valence-corrected chi connectivity index (χ4v) is 4.25. The number of fused-ring (bicyclic) bond motifs is 2. The lowest BCUT2D eigenvalue weighted by atomic mass is 9.98. The van der Waals surface area contributed by atoms with Gasteiger partial charge in [-0.1, -0.05) is 24.3 Å². The lowest BCUT2D eigenvalue weighted by Gasteiger charge is -2.38. The maximum Gasteiger partial charge on any atom is 0.225 e. The Morgan fingerprint density at radius 1 is 0.897 bits per heavy atom. The molecule has 6 heteroatoms. The molecule has 2 aromatic rings. The van der Waals surface area contributed by atoms with Crippen LogP contribution in [0.3, 0.4) is 0 Å². The highest BCUT2D eigenvalue weighted by Gasteiger charge is 2.31. The van der Waals surface area contributed by atoms with Gasteiger partial charge in [-0.2, -0.15) is 0 Å². The molecule has 0 spiro atoms. The molecule has 0 aliphatic carbocycles. The minimum atomic E-state index is 0.117. The molecule has 0 radical (unpaired) electrons. The SMILES string of the molecule is O=C(C1CCOCC1)N1CCN(C2=Nc3ccccc3Oc3ccccc32)CC1. The summed E-state index contributed by atoms with van der Waals surface area (Å²) in [5, 5.41) is 0. The van der Waals surface area contributed by atoms with Gasteiger partial charge in [-0.15, -0.1) is 0 Å². The molecule has 3 aliphatic rings. The summed E-state index contributed by atoms with van der Waals surface area (Å²) >= 11 is 0. The smallest absolute Gasteiger partial charge is 0.225 e. The maximum atomic E-state index is 12.9. The molecule has 0 bridgehead atoms. The zero-order chi connectivity index (χ0) is 19.6. The predicted octanol–water partition coefficient (Wildman–Crippen LogP) is 3.44. The van der Waals surface area contributed by atoms with Gasteiger partial charge in [-0.05, 0) is 37.1 Å². The number of ether oxygens (including phenoxy) is 2. The minimum Gasteiger partial charge on any atom is -0.454 e. The van der Waals surface area contributed by atoms with Gasteiger partial charge in [0.2, 0.25) is 5.91 Å². The van der Waals surface area contributed by atoms with Crippen molar-refractivity contribution in [2.45, 2.75) is 12.8 Å². The highest BCUT2D eigenvalue weighted by Crippen LogP contribution is 2.37. The number of para-hydroxylation sites is 3. The zero-order valence-electron chi connectivity index (χ0n) is 16.4. The van der Waals surface area contributed by atoms with Gasteiger partial charge in [0, 0.05) is 45.3 Å². The fourth-order valence-electron chi connectivity index (χ4n) is 4.25. The Labute approximate surface area is 170 Å². The summed E-state index contributed by atoms with van der Waals surface area (Å²) < 4.78 is 11.5. The molecule has 0 aromatic heterocycles. The Hall–Kier alpha value is -2.86. The molecule has 1 amide bonds. The number of carbonyl (C=O) groups is 1. The summed E-state index contributed by atoms with van der Waals surface area (Å²) in [4.78, 5) is 22.1. The average Bonchev–Trinajstić information content (AvgIpc) is 2.96. The summed E-state index contributed by atoms with van der Waals surface area (Å²) in [7, 11) is 0. The van der Waals surface area contributed by atoms with E-state index in [0.29, 0.717) is 13.2 Å². The second kappa shape index (κ2) is 7.87. The lowest BCUT2D eigenvalue weighted by Crippen LogP contribution is -2.52. The molecule has 3 aliphatic heterocycles. The number of rotatable bonds is 1. The van der Waals surface area contributed by atoms with E-state index in [1.807, 2.05) is 47.4 Å². The molecular weight excluding hydrogens is 366 g/mol. The van der Waals surface area contributed by atoms with Crippen molar-refractivity contribution >= 4 is 17.4 Å². The van der Waals surface area contributed by atoms with Crippen molar-refractivity contribution in [3.8, 4) is 11.5 Å². The molecule has 0 atom stereocenters. The van der Waals surface area contributed by atoms with Crippen LogP contribution in [-0.2, 0) is 9.53 Å². The van der Waals surface area contributed by atoms with E-state index in [2.05, 4.69) is 11.0 Å². The van der Waals surface area contributed by atoms with Crippen molar-refractivity contribution in [2.24, 2.45) is 10.9 Å². The summed E-state index contributed by atoms with van der Waals surface area (Å²) in [5.41, 5.74) is 1.83. The van der Waals surface area contributed by atoms with Crippen LogP contribution in [0.2, 0.25) is 0 Å². The largest absolute Gasteiger partial charge is 0.454 e. The molecule has 2 aromatic carbocycles. The lowest BCUT2D eigenvalue weighted by molar-refractivity contribution is -0.139. The van der Waals surface area contributed by atoms with Crippen molar-refractivity contribution in [3.05, 3.63) is 54.1 Å². The normalized spacial score (nSPS) is 19.5. The summed E-state index contributed by atoms with van der Waals surface area (Å²) in [6.45, 7) is 4.38. The van der Waals surface area contributed by atoms with Crippen LogP contribution in [0.5, 0.6) is 11.5 Å². The molecule has 5 rings (SSSR count). The Kier molecular flexibility index (Phi) is 4.94. The van der Waals surface area contributed by atoms with Crippen molar-refractivity contribution in [2.75, 3.05) is 39.4 Å². The van der Waals surface area contributed by atoms with Crippen molar-refractivity contribution in [3.63, 3.8) is 0 Å². The molecule has 0 unspecified atom stereocenters. The molecular formula is C23H25N3O3. The Bertz CT molecular complexity index is 928. The standard InChI is InChI=1S/C23H25N3O3/c27-23(17-9-15-28-16-10-17)26-13-11-25(12-14-26)22-18-5-1-3-7-20(18)29-21-8-4-2-6-19(21)24-22/h1-8,17H,9-16H2. The van der Waals surface area contributed by atoms with Gasteiger partial charge in [0.1, 0.15) is 17.3 Å². The first kappa shape index (κ1) is 18.2. The van der Waals surface area contributed by atoms with Crippen LogP contribution in [0.25, 0.3) is 0 Å². The van der Waals surface area contributed by atoms with E-state index in [-0.39, 0.29) is 11.8 Å². The summed E-state index contributed by atoms with van der Waals surface area (Å²) in [5.74, 6) is 2.90. The Morgan fingerprint density at radius 3 is 2.38 bits per heavy atom. The number of carbonyl (C=O) groups excluding carboxylic acids is 1. The monoisotopic (exact) mass is 391 g/mol. The molecule has 2 fully saturated rings. The Balaban J connectivity index is 1.37. The molecule has 150 valence electrons. The minimum absolute atomic E-state index is 0.117. The van der Waals surface area contributed by atoms with Crippen molar-refractivity contribution in [1.29, 1.82) is 0 Å². The number of hydrogen-bond acceptors (Lipinski definition) is 5. The Morgan fingerprint density at radius 2 is 1.59 bits per heavy atom. The summed E-state index contributed by atoms with van der Waals surface area (Å²) in [6, 6.07) is 15.9. The number of benzene rings is 2. The van der Waals surface area contributed by atoms with Crippen LogP contribution in [0.1, 0.15) is 18.4 Å². The molecule has 6 nitrogen and oxygen atoms in total. The highest BCUT2D eigenvalue weighted by atomic mass is 16.5. The van der Waals surface area contributed by atoms with Crippen LogP contribution < -0.4 is 4.74 Å². The first-order valence-electron chi connectivity index (χ1n) is 10.4. The maximum absolute atomic E-state index is 12.9. The van der Waals surface area contributed by atoms with Gasteiger partial charge < -0.3 is 19.3 Å². The van der Waals surface area contributed by atoms with E-state index < -0.39 is 0 Å². The second-order valence-electron chi connectivity index (χ2n) is 7.70. The van der Waals surface area contributed by atoms with Gasteiger partial charge in [0.15, 0.2) is 5.75 Å². The van der Waals surface area contributed by atoms with Crippen LogP contribution in [0.15, 0.2) is 53.5 Å². The van der Waals surface area contributed by atoms with Gasteiger partial charge in [-0.3, -0.25) is 4.79 Å². The molecule has 0 saturated carbocycles. The van der Waals surface area contributed by atoms with Crippen molar-refractivity contribution < 1.29 is 14.3 Å². The van der Waals surface area contributed by atoms with E-state index in [1.54, 1.807) is 0 Å². The van der Waals surface area contributed by atoms with Gasteiger partial charge in [-0.25, -0.2) is 4.99 Å². The van der Waals surface area contributed by atoms with Crippen LogP contribution >= 0.6 is 0 Å². The second-order valence-corrected chi connectivity index (χ2v) is 7.70. The first-order chi connectivity index (χ1) is 14.3. The van der Waals surface area contributed by atoms with E-state index in [9.17, 15) is 4.79 Å². The number of hydrogen-bond donors (Lipinski definition) is 0. The third-order valence-electron chi connectivity index (χ3n) is 5.90. The zero-order valence-corrected chi connectivity index (χ0v) is 16.4. The van der Waals surface area contributed by atoms with Gasteiger partial charge in [0.25, 0.3) is 0 Å². The van der Waals surface area contributed by atoms with Crippen LogP contribution in [-0.4, -0.2) is 60.9 Å². The van der Waals surface area contributed by atoms with E-state index in [4.69, 9.17) is 14.5 Å². The predicted molar refractivity (Wildman–Crippen MR) is 111 cm³/mol. The highest BCUT2D eigenvalue weighted by molar-refractivity contribution is 6.03. The van der Waals surface area contributed by atoms with Gasteiger partial charge in [0.05, 0.1) is 5.56 Å². The molecule has 29 heavy (non-hydrogen) atoms.